The normalized spacial score (nSPS) is 10.4. The predicted molar refractivity (Wildman–Crippen MR) is 62.7 cm³/mol. The Morgan fingerprint density at radius 3 is 2.81 bits per heavy atom. The molecule has 0 saturated heterocycles. The molecule has 0 aliphatic carbocycles. The number of imidazole rings is 1. The summed E-state index contributed by atoms with van der Waals surface area (Å²) in [4.78, 5) is 16.1. The number of hydrogen-bond acceptors (Lipinski definition) is 2. The molecule has 0 radical (unpaired) electrons. The lowest BCUT2D eigenvalue weighted by molar-refractivity contribution is 0.0990. The zero-order chi connectivity index (χ0) is 11.5. The second-order valence-corrected chi connectivity index (χ2v) is 3.94. The highest BCUT2D eigenvalue weighted by Crippen LogP contribution is 2.16. The van der Waals surface area contributed by atoms with Crippen molar-refractivity contribution in [2.24, 2.45) is 7.05 Å². The molecular formula is C12H11ClN2O. The van der Waals surface area contributed by atoms with Gasteiger partial charge < -0.3 is 4.57 Å². The number of hydrogen-bond donors (Lipinski definition) is 0. The first-order chi connectivity index (χ1) is 7.68. The molecule has 1 aromatic carbocycles. The highest BCUT2D eigenvalue weighted by atomic mass is 35.5. The summed E-state index contributed by atoms with van der Waals surface area (Å²) in [6, 6.07) is 7.05. The average molecular weight is 235 g/mol. The minimum atomic E-state index is -0.0140. The van der Waals surface area contributed by atoms with E-state index in [1.807, 2.05) is 17.8 Å². The molecule has 2 aromatic rings. The highest BCUT2D eigenvalue weighted by molar-refractivity contribution is 6.34. The van der Waals surface area contributed by atoms with Gasteiger partial charge >= 0.3 is 0 Å². The van der Waals surface area contributed by atoms with Gasteiger partial charge in [-0.3, -0.25) is 4.79 Å². The molecule has 1 aromatic heterocycles. The van der Waals surface area contributed by atoms with Gasteiger partial charge in [-0.2, -0.15) is 0 Å². The molecule has 0 N–H and O–H groups in total. The molecule has 4 heteroatoms. The topological polar surface area (TPSA) is 34.9 Å². The molecule has 0 unspecified atom stereocenters. The Morgan fingerprint density at radius 1 is 1.44 bits per heavy atom. The van der Waals surface area contributed by atoms with Crippen molar-refractivity contribution in [2.75, 3.05) is 0 Å². The molecule has 0 saturated carbocycles. The van der Waals surface area contributed by atoms with Crippen LogP contribution in [0.3, 0.4) is 0 Å². The molecule has 0 bridgehead atoms. The lowest BCUT2D eigenvalue weighted by Crippen LogP contribution is -2.08. The van der Waals surface area contributed by atoms with Crippen molar-refractivity contribution in [2.45, 2.75) is 6.42 Å². The van der Waals surface area contributed by atoms with Gasteiger partial charge in [0.05, 0.1) is 11.4 Å². The third-order valence-corrected chi connectivity index (χ3v) is 2.74. The average Bonchev–Trinajstić information content (AvgIpc) is 2.65. The van der Waals surface area contributed by atoms with Crippen LogP contribution in [0.1, 0.15) is 16.2 Å². The molecule has 1 heterocycles. The van der Waals surface area contributed by atoms with Gasteiger partial charge in [-0.05, 0) is 12.1 Å². The van der Waals surface area contributed by atoms with E-state index in [4.69, 9.17) is 11.6 Å². The molecule has 0 aliphatic heterocycles. The van der Waals surface area contributed by atoms with Crippen LogP contribution in [0.5, 0.6) is 0 Å². The molecule has 0 atom stereocenters. The Bertz CT molecular complexity index is 519. The van der Waals surface area contributed by atoms with Gasteiger partial charge in [0.25, 0.3) is 0 Å². The quantitative estimate of drug-likeness (QED) is 0.765. The first-order valence-electron chi connectivity index (χ1n) is 4.92. The Morgan fingerprint density at radius 2 is 2.19 bits per heavy atom. The second kappa shape index (κ2) is 4.49. The van der Waals surface area contributed by atoms with Crippen molar-refractivity contribution in [3.8, 4) is 0 Å². The van der Waals surface area contributed by atoms with Crippen LogP contribution in [-0.2, 0) is 13.5 Å². The Hall–Kier alpha value is -1.61. The van der Waals surface area contributed by atoms with Gasteiger partial charge in [-0.15, -0.1) is 0 Å². The maximum Gasteiger partial charge on any atom is 0.171 e. The number of aromatic nitrogens is 2. The Kier molecular flexibility index (Phi) is 3.06. The van der Waals surface area contributed by atoms with Crippen molar-refractivity contribution in [1.29, 1.82) is 0 Å². The van der Waals surface area contributed by atoms with Gasteiger partial charge in [0.15, 0.2) is 5.78 Å². The van der Waals surface area contributed by atoms with Crippen LogP contribution in [-0.4, -0.2) is 15.3 Å². The van der Waals surface area contributed by atoms with E-state index >= 15 is 0 Å². The summed E-state index contributed by atoms with van der Waals surface area (Å²) in [6.45, 7) is 0. The summed E-state index contributed by atoms with van der Waals surface area (Å²) in [5.74, 6) is 0.727. The fourth-order valence-electron chi connectivity index (χ4n) is 1.49. The zero-order valence-electron chi connectivity index (χ0n) is 8.85. The van der Waals surface area contributed by atoms with Gasteiger partial charge in [0.2, 0.25) is 0 Å². The van der Waals surface area contributed by atoms with Crippen LogP contribution in [0.2, 0.25) is 5.02 Å². The summed E-state index contributed by atoms with van der Waals surface area (Å²) in [5.41, 5.74) is 0.548. The first-order valence-corrected chi connectivity index (χ1v) is 5.30. The monoisotopic (exact) mass is 234 g/mol. The third-order valence-electron chi connectivity index (χ3n) is 2.41. The summed E-state index contributed by atoms with van der Waals surface area (Å²) >= 11 is 5.95. The minimum absolute atomic E-state index is 0.0140. The fourth-order valence-corrected chi connectivity index (χ4v) is 1.73. The van der Waals surface area contributed by atoms with E-state index in [0.717, 1.165) is 5.82 Å². The summed E-state index contributed by atoms with van der Waals surface area (Å²) in [6.07, 6.45) is 3.76. The second-order valence-electron chi connectivity index (χ2n) is 3.53. The largest absolute Gasteiger partial charge is 0.338 e. The molecule has 2 rings (SSSR count). The van der Waals surface area contributed by atoms with E-state index in [9.17, 15) is 4.79 Å². The number of nitrogens with zero attached hydrogens (tertiary/aromatic N) is 2. The van der Waals surface area contributed by atoms with E-state index in [0.29, 0.717) is 10.6 Å². The summed E-state index contributed by atoms with van der Waals surface area (Å²) in [7, 11) is 1.86. The number of aryl methyl sites for hydroxylation is 1. The number of rotatable bonds is 3. The minimum Gasteiger partial charge on any atom is -0.338 e. The highest BCUT2D eigenvalue weighted by Gasteiger charge is 2.12. The smallest absolute Gasteiger partial charge is 0.171 e. The molecule has 3 nitrogen and oxygen atoms in total. The van der Waals surface area contributed by atoms with Crippen molar-refractivity contribution >= 4 is 17.4 Å². The number of Topliss-reactive ketones (excluding diaryl/α,β-unsaturated/α-hetero) is 1. The molecule has 16 heavy (non-hydrogen) atoms. The lowest BCUT2D eigenvalue weighted by atomic mass is 10.1. The molecule has 0 fully saturated rings. The standard InChI is InChI=1S/C12H11ClN2O/c1-15-7-6-14-12(15)8-11(16)9-4-2-3-5-10(9)13/h2-7H,8H2,1H3. The van der Waals surface area contributed by atoms with Crippen molar-refractivity contribution in [3.63, 3.8) is 0 Å². The van der Waals surface area contributed by atoms with Crippen LogP contribution in [0.25, 0.3) is 0 Å². The van der Waals surface area contributed by atoms with E-state index in [2.05, 4.69) is 4.98 Å². The van der Waals surface area contributed by atoms with Crippen LogP contribution >= 0.6 is 11.6 Å². The number of carbonyl (C=O) groups is 1. The maximum atomic E-state index is 11.9. The number of benzene rings is 1. The number of carbonyl (C=O) groups excluding carboxylic acids is 1. The van der Waals surface area contributed by atoms with Gasteiger partial charge in [0.1, 0.15) is 5.82 Å². The third kappa shape index (κ3) is 2.14. The van der Waals surface area contributed by atoms with Gasteiger partial charge in [-0.1, -0.05) is 23.7 Å². The maximum absolute atomic E-state index is 11.9. The fraction of sp³-hybridized carbons (Fsp3) is 0.167. The Labute approximate surface area is 98.7 Å². The first kappa shape index (κ1) is 10.9. The molecule has 82 valence electrons. The molecular weight excluding hydrogens is 224 g/mol. The van der Waals surface area contributed by atoms with E-state index in [1.165, 1.54) is 0 Å². The molecule has 0 spiro atoms. The van der Waals surface area contributed by atoms with Crippen molar-refractivity contribution < 1.29 is 4.79 Å². The van der Waals surface area contributed by atoms with Crippen LogP contribution in [0, 0.1) is 0 Å². The molecule has 0 amide bonds. The van der Waals surface area contributed by atoms with Crippen LogP contribution < -0.4 is 0 Å². The van der Waals surface area contributed by atoms with E-state index in [1.54, 1.807) is 30.5 Å². The molecule has 0 aliphatic rings. The van der Waals surface area contributed by atoms with E-state index < -0.39 is 0 Å². The SMILES string of the molecule is Cn1ccnc1CC(=O)c1ccccc1Cl. The number of ketones is 1. The zero-order valence-corrected chi connectivity index (χ0v) is 9.61. The van der Waals surface area contributed by atoms with Crippen LogP contribution in [0.15, 0.2) is 36.7 Å². The lowest BCUT2D eigenvalue weighted by Gasteiger charge is -2.03. The van der Waals surface area contributed by atoms with E-state index in [-0.39, 0.29) is 12.2 Å². The van der Waals surface area contributed by atoms with Crippen molar-refractivity contribution in [1.82, 2.24) is 9.55 Å². The van der Waals surface area contributed by atoms with Gasteiger partial charge in [-0.25, -0.2) is 4.98 Å². The summed E-state index contributed by atoms with van der Waals surface area (Å²) in [5, 5.41) is 0.488. The Balaban J connectivity index is 2.22. The van der Waals surface area contributed by atoms with Crippen LogP contribution in [0.4, 0.5) is 0 Å². The van der Waals surface area contributed by atoms with Gasteiger partial charge in [0, 0.05) is 25.0 Å². The van der Waals surface area contributed by atoms with Crippen molar-refractivity contribution in [3.05, 3.63) is 53.1 Å². The summed E-state index contributed by atoms with van der Waals surface area (Å²) < 4.78 is 1.83. The number of halogens is 1. The predicted octanol–water partition coefficient (Wildman–Crippen LogP) is 2.50.